The fourth-order valence-electron chi connectivity index (χ4n) is 4.83. The van der Waals surface area contributed by atoms with Crippen LogP contribution < -0.4 is 15.7 Å². The Labute approximate surface area is 203 Å². The Morgan fingerprint density at radius 1 is 1.11 bits per heavy atom. The normalized spacial score (nSPS) is 17.2. The first kappa shape index (κ1) is 24.7. The van der Waals surface area contributed by atoms with Crippen molar-refractivity contribution >= 4 is 36.0 Å². The smallest absolute Gasteiger partial charge is 0.423 e. The van der Waals surface area contributed by atoms with Crippen molar-refractivity contribution in [1.82, 2.24) is 15.1 Å². The SMILES string of the molecule is Cc1cccc(C(=O)NCC(=O)N2CCC3(CC2)C(=O)N(C)CN3c2ccc(B(O)O)cc2)c1F. The van der Waals surface area contributed by atoms with Crippen molar-refractivity contribution in [2.75, 3.05) is 38.3 Å². The Morgan fingerprint density at radius 3 is 2.40 bits per heavy atom. The summed E-state index contributed by atoms with van der Waals surface area (Å²) in [5.74, 6) is -1.59. The number of anilines is 1. The number of nitrogens with zero attached hydrogens (tertiary/aromatic N) is 3. The van der Waals surface area contributed by atoms with E-state index in [1.807, 2.05) is 4.90 Å². The summed E-state index contributed by atoms with van der Waals surface area (Å²) in [5.41, 5.74) is 0.571. The maximum absolute atomic E-state index is 14.2. The van der Waals surface area contributed by atoms with Gasteiger partial charge in [-0.15, -0.1) is 0 Å². The number of rotatable bonds is 5. The van der Waals surface area contributed by atoms with Gasteiger partial charge in [-0.25, -0.2) is 4.39 Å². The van der Waals surface area contributed by atoms with Gasteiger partial charge in [-0.05, 0) is 49.0 Å². The zero-order valence-corrected chi connectivity index (χ0v) is 19.7. The second kappa shape index (κ2) is 9.67. The fourth-order valence-corrected chi connectivity index (χ4v) is 4.83. The molecule has 2 fully saturated rings. The standard InChI is InChI=1S/C24H28BFN4O5/c1-16-4-3-5-19(21(16)26)22(32)27-14-20(31)29-12-10-24(11-13-29)23(33)28(2)15-30(24)18-8-6-17(7-9-18)25(34)35/h3-9,34-35H,10-15H2,1-2H3,(H,27,32). The highest BCUT2D eigenvalue weighted by Gasteiger charge is 2.53. The number of nitrogens with one attached hydrogen (secondary N) is 1. The topological polar surface area (TPSA) is 113 Å². The lowest BCUT2D eigenvalue weighted by Gasteiger charge is -2.43. The lowest BCUT2D eigenvalue weighted by atomic mass is 9.80. The Kier molecular flexibility index (Phi) is 6.82. The maximum atomic E-state index is 14.2. The van der Waals surface area contributed by atoms with E-state index in [2.05, 4.69) is 5.32 Å². The summed E-state index contributed by atoms with van der Waals surface area (Å²) >= 11 is 0. The number of carbonyl (C=O) groups excluding carboxylic acids is 3. The molecule has 1 spiro atoms. The molecule has 2 saturated heterocycles. The van der Waals surface area contributed by atoms with Gasteiger partial charge >= 0.3 is 7.12 Å². The molecular formula is C24H28BFN4O5. The minimum absolute atomic E-state index is 0.0286. The number of hydrogen-bond acceptors (Lipinski definition) is 6. The first-order valence-corrected chi connectivity index (χ1v) is 11.4. The Balaban J connectivity index is 1.41. The highest BCUT2D eigenvalue weighted by Crippen LogP contribution is 2.38. The fraction of sp³-hybridized carbons (Fsp3) is 0.375. The molecule has 2 heterocycles. The Hall–Kier alpha value is -3.44. The lowest BCUT2D eigenvalue weighted by Crippen LogP contribution is -2.58. The van der Waals surface area contributed by atoms with Crippen LogP contribution >= 0.6 is 0 Å². The number of halogens is 1. The summed E-state index contributed by atoms with van der Waals surface area (Å²) < 4.78 is 14.2. The van der Waals surface area contributed by atoms with E-state index in [0.29, 0.717) is 43.6 Å². The molecule has 3 N–H and O–H groups in total. The molecule has 2 aromatic carbocycles. The molecule has 4 rings (SSSR count). The van der Waals surface area contributed by atoms with Crippen molar-refractivity contribution in [2.24, 2.45) is 0 Å². The minimum atomic E-state index is -1.57. The quantitative estimate of drug-likeness (QED) is 0.511. The van der Waals surface area contributed by atoms with E-state index in [9.17, 15) is 28.8 Å². The second-order valence-electron chi connectivity index (χ2n) is 9.07. The number of aryl methyl sites for hydroxylation is 1. The summed E-state index contributed by atoms with van der Waals surface area (Å²) in [7, 11) is 0.158. The van der Waals surface area contributed by atoms with Crippen molar-refractivity contribution < 1.29 is 28.8 Å². The summed E-state index contributed by atoms with van der Waals surface area (Å²) in [6.07, 6.45) is 0.819. The van der Waals surface area contributed by atoms with Crippen LogP contribution in [0, 0.1) is 12.7 Å². The number of likely N-dealkylation sites (tertiary alicyclic amines) is 1. The number of carbonyl (C=O) groups is 3. The molecule has 0 unspecified atom stereocenters. The highest BCUT2D eigenvalue weighted by atomic mass is 19.1. The van der Waals surface area contributed by atoms with Crippen LogP contribution in [0.15, 0.2) is 42.5 Å². The van der Waals surface area contributed by atoms with Crippen LogP contribution in [-0.4, -0.2) is 83.6 Å². The number of benzene rings is 2. The Morgan fingerprint density at radius 2 is 1.77 bits per heavy atom. The van der Waals surface area contributed by atoms with Gasteiger partial charge in [0.25, 0.3) is 5.91 Å². The van der Waals surface area contributed by atoms with Crippen LogP contribution in [0.5, 0.6) is 0 Å². The van der Waals surface area contributed by atoms with Crippen LogP contribution in [0.25, 0.3) is 0 Å². The van der Waals surface area contributed by atoms with E-state index in [4.69, 9.17) is 0 Å². The molecule has 2 aromatic rings. The van der Waals surface area contributed by atoms with Gasteiger partial charge < -0.3 is 30.1 Å². The monoisotopic (exact) mass is 482 g/mol. The van der Waals surface area contributed by atoms with Crippen molar-refractivity contribution in [1.29, 1.82) is 0 Å². The molecular weight excluding hydrogens is 454 g/mol. The molecule has 0 bridgehead atoms. The van der Waals surface area contributed by atoms with Crippen molar-refractivity contribution in [2.45, 2.75) is 25.3 Å². The van der Waals surface area contributed by atoms with E-state index < -0.39 is 24.4 Å². The number of hydrogen-bond donors (Lipinski definition) is 3. The van der Waals surface area contributed by atoms with Crippen LogP contribution in [0.1, 0.15) is 28.8 Å². The van der Waals surface area contributed by atoms with Crippen LogP contribution in [0.3, 0.4) is 0 Å². The summed E-state index contributed by atoms with van der Waals surface area (Å²) in [6.45, 7) is 2.35. The first-order chi connectivity index (χ1) is 16.6. The third kappa shape index (κ3) is 4.61. The second-order valence-corrected chi connectivity index (χ2v) is 9.07. The molecule has 11 heteroatoms. The predicted octanol–water partition coefficient (Wildman–Crippen LogP) is -0.159. The molecule has 2 aliphatic rings. The van der Waals surface area contributed by atoms with Gasteiger partial charge in [-0.1, -0.05) is 24.3 Å². The number of amides is 3. The molecule has 35 heavy (non-hydrogen) atoms. The summed E-state index contributed by atoms with van der Waals surface area (Å²) in [4.78, 5) is 43.5. The van der Waals surface area contributed by atoms with Crippen LogP contribution in [0.4, 0.5) is 10.1 Å². The molecule has 0 saturated carbocycles. The molecule has 0 atom stereocenters. The van der Waals surface area contributed by atoms with Gasteiger partial charge in [0.2, 0.25) is 11.8 Å². The molecule has 3 amide bonds. The van der Waals surface area contributed by atoms with E-state index in [0.717, 1.165) is 5.69 Å². The number of piperidine rings is 1. The van der Waals surface area contributed by atoms with Crippen molar-refractivity contribution in [3.05, 3.63) is 59.4 Å². The molecule has 0 radical (unpaired) electrons. The predicted molar refractivity (Wildman–Crippen MR) is 128 cm³/mol. The summed E-state index contributed by atoms with van der Waals surface area (Å²) in [5, 5.41) is 21.2. The maximum Gasteiger partial charge on any atom is 0.488 e. The van der Waals surface area contributed by atoms with E-state index in [1.54, 1.807) is 60.2 Å². The van der Waals surface area contributed by atoms with Gasteiger partial charge in [0.15, 0.2) is 0 Å². The van der Waals surface area contributed by atoms with Gasteiger partial charge in [0.1, 0.15) is 11.4 Å². The molecule has 2 aliphatic heterocycles. The Bertz CT molecular complexity index is 1140. The largest absolute Gasteiger partial charge is 0.488 e. The number of likely N-dealkylation sites (N-methyl/N-ethyl adjacent to an activating group) is 1. The third-order valence-corrected chi connectivity index (χ3v) is 6.90. The zero-order valence-electron chi connectivity index (χ0n) is 19.7. The highest BCUT2D eigenvalue weighted by molar-refractivity contribution is 6.58. The third-order valence-electron chi connectivity index (χ3n) is 6.90. The minimum Gasteiger partial charge on any atom is -0.423 e. The average Bonchev–Trinajstić information content (AvgIpc) is 3.09. The van der Waals surface area contributed by atoms with Crippen LogP contribution in [-0.2, 0) is 9.59 Å². The van der Waals surface area contributed by atoms with E-state index in [-0.39, 0.29) is 23.9 Å². The van der Waals surface area contributed by atoms with Crippen LogP contribution in [0.2, 0.25) is 0 Å². The molecule has 9 nitrogen and oxygen atoms in total. The van der Waals surface area contributed by atoms with E-state index in [1.165, 1.54) is 6.07 Å². The molecule has 0 aliphatic carbocycles. The van der Waals surface area contributed by atoms with Gasteiger partial charge in [0, 0.05) is 25.8 Å². The van der Waals surface area contributed by atoms with Crippen molar-refractivity contribution in [3.63, 3.8) is 0 Å². The summed E-state index contributed by atoms with van der Waals surface area (Å²) in [6, 6.07) is 11.2. The average molecular weight is 482 g/mol. The zero-order chi connectivity index (χ0) is 25.3. The lowest BCUT2D eigenvalue weighted by molar-refractivity contribution is -0.137. The van der Waals surface area contributed by atoms with E-state index >= 15 is 0 Å². The molecule has 0 aromatic heterocycles. The van der Waals surface area contributed by atoms with Crippen molar-refractivity contribution in [3.8, 4) is 0 Å². The first-order valence-electron chi connectivity index (χ1n) is 11.4. The van der Waals surface area contributed by atoms with Gasteiger partial charge in [0.05, 0.1) is 18.8 Å². The van der Waals surface area contributed by atoms with Gasteiger partial charge in [-0.3, -0.25) is 14.4 Å². The van der Waals surface area contributed by atoms with Gasteiger partial charge in [-0.2, -0.15) is 0 Å². The molecule has 184 valence electrons.